The lowest BCUT2D eigenvalue weighted by Gasteiger charge is -2.32. The lowest BCUT2D eigenvalue weighted by molar-refractivity contribution is 0.193. The Bertz CT molecular complexity index is 416. The second kappa shape index (κ2) is 6.75. The third-order valence-electron chi connectivity index (χ3n) is 3.48. The average molecular weight is 328 g/mol. The van der Waals surface area contributed by atoms with Crippen molar-refractivity contribution in [2.24, 2.45) is 5.92 Å². The van der Waals surface area contributed by atoms with E-state index in [1.807, 2.05) is 18.3 Å². The van der Waals surface area contributed by atoms with Crippen LogP contribution in [0, 0.1) is 5.92 Å². The zero-order chi connectivity index (χ0) is 13.7. The van der Waals surface area contributed by atoms with Crippen molar-refractivity contribution in [1.29, 1.82) is 0 Å². The molecule has 1 fully saturated rings. The van der Waals surface area contributed by atoms with Crippen molar-refractivity contribution in [2.75, 3.05) is 24.5 Å². The normalized spacial score (nSPS) is 16.4. The van der Waals surface area contributed by atoms with E-state index in [0.717, 1.165) is 42.6 Å². The highest BCUT2D eigenvalue weighted by atomic mass is 79.9. The van der Waals surface area contributed by atoms with E-state index >= 15 is 0 Å². The molecule has 0 aromatic carbocycles. The van der Waals surface area contributed by atoms with E-state index in [1.165, 1.54) is 0 Å². The Kier molecular flexibility index (Phi) is 5.01. The molecule has 5 nitrogen and oxygen atoms in total. The minimum Gasteiger partial charge on any atom is -0.465 e. The summed E-state index contributed by atoms with van der Waals surface area (Å²) in [7, 11) is 0. The number of hydrogen-bond acceptors (Lipinski definition) is 3. The number of carboxylic acid groups (broad SMARTS) is 1. The van der Waals surface area contributed by atoms with Gasteiger partial charge in [0, 0.05) is 30.3 Å². The molecule has 1 aliphatic rings. The first kappa shape index (κ1) is 14.1. The fourth-order valence-corrected chi connectivity index (χ4v) is 2.62. The molecule has 0 spiro atoms. The zero-order valence-electron chi connectivity index (χ0n) is 10.7. The number of hydrogen-bond donors (Lipinski definition) is 2. The van der Waals surface area contributed by atoms with Crippen molar-refractivity contribution in [2.45, 2.75) is 19.3 Å². The second-order valence-corrected chi connectivity index (χ2v) is 5.70. The Labute approximate surface area is 121 Å². The smallest absolute Gasteiger partial charge is 0.404 e. The van der Waals surface area contributed by atoms with E-state index in [-0.39, 0.29) is 0 Å². The zero-order valence-corrected chi connectivity index (χ0v) is 12.3. The molecule has 0 radical (unpaired) electrons. The summed E-state index contributed by atoms with van der Waals surface area (Å²) in [5.41, 5.74) is 0. The summed E-state index contributed by atoms with van der Waals surface area (Å²) >= 11 is 3.38. The molecule has 0 atom stereocenters. The van der Waals surface area contributed by atoms with Crippen LogP contribution in [0.3, 0.4) is 0 Å². The third-order valence-corrected chi connectivity index (χ3v) is 3.95. The van der Waals surface area contributed by atoms with Gasteiger partial charge in [0.05, 0.1) is 0 Å². The molecule has 6 heteroatoms. The molecule has 0 unspecified atom stereocenters. The van der Waals surface area contributed by atoms with Crippen LogP contribution in [-0.4, -0.2) is 35.8 Å². The van der Waals surface area contributed by atoms with E-state index in [9.17, 15) is 4.79 Å². The number of amides is 1. The molecule has 2 rings (SSSR count). The van der Waals surface area contributed by atoms with Crippen molar-refractivity contribution >= 4 is 27.8 Å². The maximum Gasteiger partial charge on any atom is 0.404 e. The standard InChI is InChI=1S/C13H18BrN3O2/c14-11-1-2-12(16-9-11)17-7-4-10(5-8-17)3-6-15-13(18)19/h1-2,9-10,15H,3-8H2,(H,18,19). The number of nitrogens with zero attached hydrogens (tertiary/aromatic N) is 2. The number of anilines is 1. The highest BCUT2D eigenvalue weighted by molar-refractivity contribution is 9.10. The Morgan fingerprint density at radius 1 is 1.47 bits per heavy atom. The number of aromatic nitrogens is 1. The summed E-state index contributed by atoms with van der Waals surface area (Å²) in [5.74, 6) is 1.63. The van der Waals surface area contributed by atoms with Crippen LogP contribution in [-0.2, 0) is 0 Å². The van der Waals surface area contributed by atoms with E-state index < -0.39 is 6.09 Å². The van der Waals surface area contributed by atoms with Crippen LogP contribution in [0.5, 0.6) is 0 Å². The molecular weight excluding hydrogens is 310 g/mol. The number of nitrogens with one attached hydrogen (secondary N) is 1. The maximum absolute atomic E-state index is 10.4. The number of carbonyl (C=O) groups is 1. The van der Waals surface area contributed by atoms with Crippen molar-refractivity contribution in [3.8, 4) is 0 Å². The van der Waals surface area contributed by atoms with Crippen molar-refractivity contribution in [1.82, 2.24) is 10.3 Å². The van der Waals surface area contributed by atoms with Gasteiger partial charge in [-0.1, -0.05) is 0 Å². The Morgan fingerprint density at radius 2 is 2.21 bits per heavy atom. The van der Waals surface area contributed by atoms with Crippen LogP contribution in [0.4, 0.5) is 10.6 Å². The minimum atomic E-state index is -0.934. The van der Waals surface area contributed by atoms with Crippen LogP contribution >= 0.6 is 15.9 Å². The van der Waals surface area contributed by atoms with E-state index in [2.05, 4.69) is 31.1 Å². The Morgan fingerprint density at radius 3 is 2.79 bits per heavy atom. The van der Waals surface area contributed by atoms with Gasteiger partial charge in [0.15, 0.2) is 0 Å². The van der Waals surface area contributed by atoms with Crippen LogP contribution in [0.1, 0.15) is 19.3 Å². The topological polar surface area (TPSA) is 65.5 Å². The average Bonchev–Trinajstić information content (AvgIpc) is 2.40. The molecule has 0 saturated carbocycles. The van der Waals surface area contributed by atoms with Gasteiger partial charge in [-0.15, -0.1) is 0 Å². The van der Waals surface area contributed by atoms with Gasteiger partial charge < -0.3 is 15.3 Å². The van der Waals surface area contributed by atoms with Gasteiger partial charge in [0.1, 0.15) is 5.82 Å². The SMILES string of the molecule is O=C(O)NCCC1CCN(c2ccc(Br)cn2)CC1. The van der Waals surface area contributed by atoms with Crippen LogP contribution in [0.25, 0.3) is 0 Å². The van der Waals surface area contributed by atoms with Crippen molar-refractivity contribution in [3.63, 3.8) is 0 Å². The van der Waals surface area contributed by atoms with E-state index in [1.54, 1.807) is 0 Å². The molecule has 104 valence electrons. The van der Waals surface area contributed by atoms with Gasteiger partial charge in [-0.25, -0.2) is 9.78 Å². The molecule has 0 bridgehead atoms. The van der Waals surface area contributed by atoms with Crippen molar-refractivity contribution < 1.29 is 9.90 Å². The first-order chi connectivity index (χ1) is 9.15. The predicted molar refractivity (Wildman–Crippen MR) is 77.5 cm³/mol. The van der Waals surface area contributed by atoms with Crippen molar-refractivity contribution in [3.05, 3.63) is 22.8 Å². The molecule has 19 heavy (non-hydrogen) atoms. The monoisotopic (exact) mass is 327 g/mol. The van der Waals surface area contributed by atoms with Gasteiger partial charge in [0.2, 0.25) is 0 Å². The van der Waals surface area contributed by atoms with Gasteiger partial charge >= 0.3 is 6.09 Å². The predicted octanol–water partition coefficient (Wildman–Crippen LogP) is 2.72. The number of rotatable bonds is 4. The summed E-state index contributed by atoms with van der Waals surface area (Å²) < 4.78 is 0.992. The van der Waals surface area contributed by atoms with Gasteiger partial charge in [-0.2, -0.15) is 0 Å². The summed E-state index contributed by atoms with van der Waals surface area (Å²) in [6.45, 7) is 2.54. The van der Waals surface area contributed by atoms with E-state index in [4.69, 9.17) is 5.11 Å². The number of halogens is 1. The highest BCUT2D eigenvalue weighted by Crippen LogP contribution is 2.24. The molecule has 1 aliphatic heterocycles. The maximum atomic E-state index is 10.4. The molecule has 1 amide bonds. The summed E-state index contributed by atoms with van der Waals surface area (Å²) in [5, 5.41) is 11.0. The van der Waals surface area contributed by atoms with Crippen LogP contribution in [0.15, 0.2) is 22.8 Å². The quantitative estimate of drug-likeness (QED) is 0.892. The molecule has 2 N–H and O–H groups in total. The lowest BCUT2D eigenvalue weighted by atomic mass is 9.93. The Balaban J connectivity index is 1.76. The van der Waals surface area contributed by atoms with Gasteiger partial charge in [0.25, 0.3) is 0 Å². The summed E-state index contributed by atoms with van der Waals surface area (Å²) in [4.78, 5) is 17.1. The fourth-order valence-electron chi connectivity index (χ4n) is 2.39. The van der Waals surface area contributed by atoms with E-state index in [0.29, 0.717) is 12.5 Å². The molecule has 1 aromatic heterocycles. The number of pyridine rings is 1. The highest BCUT2D eigenvalue weighted by Gasteiger charge is 2.19. The first-order valence-electron chi connectivity index (χ1n) is 6.48. The van der Waals surface area contributed by atoms with Gasteiger partial charge in [-0.05, 0) is 53.2 Å². The molecular formula is C13H18BrN3O2. The van der Waals surface area contributed by atoms with Gasteiger partial charge in [-0.3, -0.25) is 0 Å². The van der Waals surface area contributed by atoms with Crippen LogP contribution in [0.2, 0.25) is 0 Å². The second-order valence-electron chi connectivity index (χ2n) is 4.79. The third kappa shape index (κ3) is 4.38. The summed E-state index contributed by atoms with van der Waals surface area (Å²) in [6.07, 6.45) is 4.00. The summed E-state index contributed by atoms with van der Waals surface area (Å²) in [6, 6.07) is 4.03. The molecule has 1 aromatic rings. The molecule has 2 heterocycles. The fraction of sp³-hybridized carbons (Fsp3) is 0.538. The Hall–Kier alpha value is -1.30. The first-order valence-corrected chi connectivity index (χ1v) is 7.28. The largest absolute Gasteiger partial charge is 0.465 e. The van der Waals surface area contributed by atoms with Crippen LogP contribution < -0.4 is 10.2 Å². The number of piperidine rings is 1. The molecule has 0 aliphatic carbocycles. The molecule has 1 saturated heterocycles. The minimum absolute atomic E-state index is 0.552. The lowest BCUT2D eigenvalue weighted by Crippen LogP contribution is -2.35.